The number of ether oxygens (including phenoxy) is 1. The molecule has 0 fully saturated rings. The summed E-state index contributed by atoms with van der Waals surface area (Å²) in [7, 11) is 3.04. The third-order valence-electron chi connectivity index (χ3n) is 1.67. The number of carbonyl (C=O) groups excluding carboxylic acids is 1. The SMILES string of the molecule is COC(=O)CC#Cc1cnn(C)c1N. The lowest BCUT2D eigenvalue weighted by Crippen LogP contribution is -1.99. The van der Waals surface area contributed by atoms with Crippen LogP contribution < -0.4 is 5.73 Å². The number of carbonyl (C=O) groups is 1. The molecule has 0 atom stereocenters. The highest BCUT2D eigenvalue weighted by Gasteiger charge is 2.00. The van der Waals surface area contributed by atoms with E-state index < -0.39 is 0 Å². The number of aryl methyl sites for hydroxylation is 1. The maximum absolute atomic E-state index is 10.7. The van der Waals surface area contributed by atoms with Crippen molar-refractivity contribution in [3.63, 3.8) is 0 Å². The van der Waals surface area contributed by atoms with Crippen molar-refractivity contribution in [2.45, 2.75) is 6.42 Å². The first-order valence-electron chi connectivity index (χ1n) is 3.98. The molecule has 5 nitrogen and oxygen atoms in total. The van der Waals surface area contributed by atoms with E-state index in [1.807, 2.05) is 0 Å². The molecule has 0 amide bonds. The van der Waals surface area contributed by atoms with Crippen molar-refractivity contribution in [3.05, 3.63) is 11.8 Å². The Balaban J connectivity index is 2.68. The molecule has 0 aromatic carbocycles. The van der Waals surface area contributed by atoms with Crippen LogP contribution in [-0.2, 0) is 16.6 Å². The number of aromatic nitrogens is 2. The standard InChI is InChI=1S/C9H11N3O2/c1-12-9(10)7(6-11-12)4-3-5-8(13)14-2/h6H,5,10H2,1-2H3. The summed E-state index contributed by atoms with van der Waals surface area (Å²) in [6.07, 6.45) is 1.62. The second kappa shape index (κ2) is 4.33. The van der Waals surface area contributed by atoms with Crippen LogP contribution in [0.5, 0.6) is 0 Å². The predicted molar refractivity (Wildman–Crippen MR) is 51.1 cm³/mol. The molecule has 0 aliphatic heterocycles. The highest BCUT2D eigenvalue weighted by Crippen LogP contribution is 2.06. The Hall–Kier alpha value is -1.96. The minimum Gasteiger partial charge on any atom is -0.468 e. The molecule has 0 unspecified atom stereocenters. The minimum atomic E-state index is -0.361. The Bertz CT molecular complexity index is 398. The molecule has 74 valence electrons. The van der Waals surface area contributed by atoms with Crippen LogP contribution in [0.15, 0.2) is 6.20 Å². The van der Waals surface area contributed by atoms with Crippen molar-refractivity contribution in [1.82, 2.24) is 9.78 Å². The van der Waals surface area contributed by atoms with Gasteiger partial charge in [0, 0.05) is 7.05 Å². The third-order valence-corrected chi connectivity index (χ3v) is 1.67. The van der Waals surface area contributed by atoms with Gasteiger partial charge in [-0.1, -0.05) is 11.8 Å². The third kappa shape index (κ3) is 2.26. The zero-order valence-electron chi connectivity index (χ0n) is 8.07. The molecule has 1 aromatic heterocycles. The number of esters is 1. The van der Waals surface area contributed by atoms with Gasteiger partial charge in [-0.2, -0.15) is 5.10 Å². The molecule has 1 aromatic rings. The molecule has 0 aliphatic rings. The molecular formula is C9H11N3O2. The summed E-state index contributed by atoms with van der Waals surface area (Å²) in [6.45, 7) is 0. The molecule has 0 aliphatic carbocycles. The lowest BCUT2D eigenvalue weighted by atomic mass is 10.3. The van der Waals surface area contributed by atoms with Crippen LogP contribution in [0.1, 0.15) is 12.0 Å². The largest absolute Gasteiger partial charge is 0.468 e. The molecule has 14 heavy (non-hydrogen) atoms. The van der Waals surface area contributed by atoms with Gasteiger partial charge in [0.15, 0.2) is 0 Å². The summed E-state index contributed by atoms with van der Waals surface area (Å²) in [5.74, 6) is 5.52. The summed E-state index contributed by atoms with van der Waals surface area (Å²) >= 11 is 0. The number of nitrogens with zero attached hydrogens (tertiary/aromatic N) is 2. The average Bonchev–Trinajstić information content (AvgIpc) is 2.49. The second-order valence-corrected chi connectivity index (χ2v) is 2.62. The van der Waals surface area contributed by atoms with Crippen LogP contribution in [0.3, 0.4) is 0 Å². The van der Waals surface area contributed by atoms with Crippen LogP contribution in [0, 0.1) is 11.8 Å². The lowest BCUT2D eigenvalue weighted by Gasteiger charge is -1.92. The number of nitrogens with two attached hydrogens (primary N) is 1. The Morgan fingerprint density at radius 1 is 1.79 bits per heavy atom. The van der Waals surface area contributed by atoms with E-state index in [-0.39, 0.29) is 12.4 Å². The first kappa shape index (κ1) is 10.1. The van der Waals surface area contributed by atoms with Gasteiger partial charge in [-0.15, -0.1) is 0 Å². The van der Waals surface area contributed by atoms with Crippen LogP contribution in [-0.4, -0.2) is 22.9 Å². The minimum absolute atomic E-state index is 0.0604. The Morgan fingerprint density at radius 2 is 2.50 bits per heavy atom. The summed E-state index contributed by atoms with van der Waals surface area (Å²) in [5.41, 5.74) is 6.26. The zero-order chi connectivity index (χ0) is 10.6. The van der Waals surface area contributed by atoms with Gasteiger partial charge in [0.1, 0.15) is 12.2 Å². The second-order valence-electron chi connectivity index (χ2n) is 2.62. The number of rotatable bonds is 1. The molecule has 1 heterocycles. The van der Waals surface area contributed by atoms with E-state index in [9.17, 15) is 4.79 Å². The normalized spacial score (nSPS) is 9.00. The smallest absolute Gasteiger partial charge is 0.317 e. The van der Waals surface area contributed by atoms with Crippen molar-refractivity contribution in [2.24, 2.45) is 7.05 Å². The van der Waals surface area contributed by atoms with E-state index in [0.29, 0.717) is 11.4 Å². The quantitative estimate of drug-likeness (QED) is 0.500. The number of methoxy groups -OCH3 is 1. The summed E-state index contributed by atoms with van der Waals surface area (Å²) in [4.78, 5) is 10.7. The van der Waals surface area contributed by atoms with E-state index in [1.54, 1.807) is 13.2 Å². The molecule has 0 bridgehead atoms. The fourth-order valence-corrected chi connectivity index (χ4v) is 0.827. The van der Waals surface area contributed by atoms with Crippen LogP contribution in [0.2, 0.25) is 0 Å². The van der Waals surface area contributed by atoms with E-state index >= 15 is 0 Å². The Labute approximate surface area is 81.8 Å². The zero-order valence-corrected chi connectivity index (χ0v) is 8.07. The van der Waals surface area contributed by atoms with Crippen molar-refractivity contribution in [3.8, 4) is 11.8 Å². The highest BCUT2D eigenvalue weighted by molar-refractivity contribution is 5.72. The molecule has 0 saturated carbocycles. The van der Waals surface area contributed by atoms with E-state index in [1.165, 1.54) is 11.8 Å². The van der Waals surface area contributed by atoms with Gasteiger partial charge in [-0.25, -0.2) is 0 Å². The fourth-order valence-electron chi connectivity index (χ4n) is 0.827. The summed E-state index contributed by atoms with van der Waals surface area (Å²) in [5, 5.41) is 3.91. The van der Waals surface area contributed by atoms with Gasteiger partial charge in [0.05, 0.1) is 18.9 Å². The maximum atomic E-state index is 10.7. The van der Waals surface area contributed by atoms with Gasteiger partial charge >= 0.3 is 5.97 Å². The van der Waals surface area contributed by atoms with E-state index in [4.69, 9.17) is 5.73 Å². The monoisotopic (exact) mass is 193 g/mol. The Kier molecular flexibility index (Phi) is 3.13. The number of anilines is 1. The summed E-state index contributed by atoms with van der Waals surface area (Å²) < 4.78 is 5.95. The topological polar surface area (TPSA) is 70.1 Å². The maximum Gasteiger partial charge on any atom is 0.317 e. The number of hydrogen-bond acceptors (Lipinski definition) is 4. The van der Waals surface area contributed by atoms with Crippen LogP contribution in [0.4, 0.5) is 5.82 Å². The molecular weight excluding hydrogens is 182 g/mol. The lowest BCUT2D eigenvalue weighted by molar-refractivity contribution is -0.139. The molecule has 0 saturated heterocycles. The number of hydrogen-bond donors (Lipinski definition) is 1. The molecule has 5 heteroatoms. The van der Waals surface area contributed by atoms with Crippen molar-refractivity contribution in [2.75, 3.05) is 12.8 Å². The van der Waals surface area contributed by atoms with Crippen molar-refractivity contribution >= 4 is 11.8 Å². The van der Waals surface area contributed by atoms with Gasteiger partial charge in [-0.3, -0.25) is 9.48 Å². The fraction of sp³-hybridized carbons (Fsp3) is 0.333. The molecule has 2 N–H and O–H groups in total. The first-order chi connectivity index (χ1) is 6.65. The van der Waals surface area contributed by atoms with Gasteiger partial charge in [-0.05, 0) is 0 Å². The van der Waals surface area contributed by atoms with Gasteiger partial charge in [0.2, 0.25) is 0 Å². The van der Waals surface area contributed by atoms with Gasteiger partial charge in [0.25, 0.3) is 0 Å². The van der Waals surface area contributed by atoms with E-state index in [2.05, 4.69) is 21.7 Å². The average molecular weight is 193 g/mol. The van der Waals surface area contributed by atoms with Crippen molar-refractivity contribution in [1.29, 1.82) is 0 Å². The van der Waals surface area contributed by atoms with Crippen molar-refractivity contribution < 1.29 is 9.53 Å². The molecule has 0 radical (unpaired) electrons. The summed E-state index contributed by atoms with van der Waals surface area (Å²) in [6, 6.07) is 0. The Morgan fingerprint density at radius 3 is 3.00 bits per heavy atom. The molecule has 0 spiro atoms. The number of nitrogen functional groups attached to an aromatic ring is 1. The van der Waals surface area contributed by atoms with Gasteiger partial charge < -0.3 is 10.5 Å². The molecule has 1 rings (SSSR count). The van der Waals surface area contributed by atoms with Crippen LogP contribution >= 0.6 is 0 Å². The van der Waals surface area contributed by atoms with E-state index in [0.717, 1.165) is 0 Å². The highest BCUT2D eigenvalue weighted by atomic mass is 16.5. The predicted octanol–water partition coefficient (Wildman–Crippen LogP) is -0.0831. The van der Waals surface area contributed by atoms with Crippen LogP contribution in [0.25, 0.3) is 0 Å². The first-order valence-corrected chi connectivity index (χ1v) is 3.98.